The predicted octanol–water partition coefficient (Wildman–Crippen LogP) is 5.80. The zero-order chi connectivity index (χ0) is 24.1. The first-order chi connectivity index (χ1) is 16.4. The van der Waals surface area contributed by atoms with Crippen molar-refractivity contribution in [1.29, 1.82) is 0 Å². The van der Waals surface area contributed by atoms with E-state index in [1.165, 1.54) is 0 Å². The van der Waals surface area contributed by atoms with Crippen molar-refractivity contribution in [3.05, 3.63) is 77.9 Å². The molecule has 7 heteroatoms. The molecule has 34 heavy (non-hydrogen) atoms. The number of cyclic esters (lactones) is 1. The zero-order valence-electron chi connectivity index (χ0n) is 19.4. The number of hydrogen-bond donors (Lipinski definition) is 1. The van der Waals surface area contributed by atoms with E-state index in [1.807, 2.05) is 66.7 Å². The van der Waals surface area contributed by atoms with Crippen molar-refractivity contribution >= 4 is 12.0 Å². The monoisotopic (exact) mass is 461 g/mol. The first-order valence-corrected chi connectivity index (χ1v) is 11.1. The van der Waals surface area contributed by atoms with Gasteiger partial charge in [-0.05, 0) is 79.1 Å². The number of methoxy groups -OCH3 is 1. The summed E-state index contributed by atoms with van der Waals surface area (Å²) >= 11 is 0. The normalized spacial score (nSPS) is 17.1. The average Bonchev–Trinajstić information content (AvgIpc) is 3.07. The van der Waals surface area contributed by atoms with E-state index < -0.39 is 17.6 Å². The van der Waals surface area contributed by atoms with Crippen LogP contribution in [0.4, 0.5) is 4.79 Å². The summed E-state index contributed by atoms with van der Waals surface area (Å²) in [5, 5.41) is 2.18. The summed E-state index contributed by atoms with van der Waals surface area (Å²) in [7, 11) is 1.63. The highest BCUT2D eigenvalue weighted by Gasteiger charge is 2.44. The summed E-state index contributed by atoms with van der Waals surface area (Å²) in [5.74, 6) is 3.13. The van der Waals surface area contributed by atoms with Crippen LogP contribution in [0.5, 0.6) is 28.7 Å². The fourth-order valence-electron chi connectivity index (χ4n) is 3.82. The summed E-state index contributed by atoms with van der Waals surface area (Å²) in [6, 6.07) is 20.6. The van der Waals surface area contributed by atoms with Gasteiger partial charge in [0.05, 0.1) is 7.11 Å². The molecule has 0 saturated carbocycles. The Morgan fingerprint density at radius 3 is 2.26 bits per heavy atom. The number of aryl methyl sites for hydroxylation is 1. The predicted molar refractivity (Wildman–Crippen MR) is 127 cm³/mol. The lowest BCUT2D eigenvalue weighted by molar-refractivity contribution is -0.129. The largest absolute Gasteiger partial charge is 0.497 e. The van der Waals surface area contributed by atoms with Crippen LogP contribution in [-0.4, -0.2) is 24.7 Å². The van der Waals surface area contributed by atoms with E-state index in [-0.39, 0.29) is 6.42 Å². The van der Waals surface area contributed by atoms with Crippen molar-refractivity contribution in [2.24, 2.45) is 0 Å². The number of hydrogen-bond acceptors (Lipinski definition) is 6. The number of rotatable bonds is 9. The number of ether oxygens (including phenoxy) is 4. The lowest BCUT2D eigenvalue weighted by Gasteiger charge is -2.19. The van der Waals surface area contributed by atoms with Crippen molar-refractivity contribution < 1.29 is 28.5 Å². The molecule has 1 atom stereocenters. The van der Waals surface area contributed by atoms with Crippen molar-refractivity contribution in [1.82, 2.24) is 5.32 Å². The van der Waals surface area contributed by atoms with E-state index in [0.29, 0.717) is 5.75 Å². The molecule has 1 fully saturated rings. The molecule has 176 valence electrons. The van der Waals surface area contributed by atoms with Gasteiger partial charge in [-0.25, -0.2) is 4.79 Å². The molecule has 2 amide bonds. The maximum atomic E-state index is 12.1. The Bertz CT molecular complexity index is 1190. The van der Waals surface area contributed by atoms with Gasteiger partial charge in [-0.3, -0.25) is 10.1 Å². The SMILES string of the molecule is CCCc1cc(Oc2ccc(OC)cc2)ccc1Oc1cccc(C[C@@]2(C)OC(=O)NC2=O)c1. The standard InChI is InChI=1S/C27H27NO6/c1-4-6-19-16-23(32-21-11-9-20(31-3)10-12-21)13-14-24(19)33-22-8-5-7-18(15-22)17-27(2)25(29)28-26(30)34-27/h5,7-16H,4,6,17H2,1-3H3,(H,28,29,30)/t27-/m1/s1. The smallest absolute Gasteiger partial charge is 0.415 e. The van der Waals surface area contributed by atoms with Crippen LogP contribution in [0, 0.1) is 0 Å². The van der Waals surface area contributed by atoms with E-state index in [4.69, 9.17) is 18.9 Å². The molecule has 1 heterocycles. The Labute approximate surface area is 198 Å². The summed E-state index contributed by atoms with van der Waals surface area (Å²) in [6.45, 7) is 3.71. The van der Waals surface area contributed by atoms with Crippen molar-refractivity contribution in [2.75, 3.05) is 7.11 Å². The van der Waals surface area contributed by atoms with E-state index in [0.717, 1.165) is 47.0 Å². The molecule has 4 rings (SSSR count). The minimum absolute atomic E-state index is 0.248. The number of carbonyl (C=O) groups is 2. The molecule has 3 aromatic rings. The fourth-order valence-corrected chi connectivity index (χ4v) is 3.82. The summed E-state index contributed by atoms with van der Waals surface area (Å²) in [6.07, 6.45) is 1.30. The van der Waals surface area contributed by atoms with Crippen LogP contribution in [-0.2, 0) is 22.4 Å². The molecular formula is C27H27NO6. The van der Waals surface area contributed by atoms with E-state index in [1.54, 1.807) is 14.0 Å². The molecule has 3 aromatic carbocycles. The van der Waals surface area contributed by atoms with Gasteiger partial charge in [0.15, 0.2) is 5.60 Å². The number of carbonyl (C=O) groups excluding carboxylic acids is 2. The second-order valence-electron chi connectivity index (χ2n) is 8.30. The number of alkyl carbamates (subject to hydrolysis) is 1. The maximum Gasteiger partial charge on any atom is 0.415 e. The van der Waals surface area contributed by atoms with Crippen molar-refractivity contribution in [2.45, 2.75) is 38.7 Å². The number of benzene rings is 3. The van der Waals surface area contributed by atoms with Crippen LogP contribution < -0.4 is 19.5 Å². The van der Waals surface area contributed by atoms with Crippen molar-refractivity contribution in [3.63, 3.8) is 0 Å². The van der Waals surface area contributed by atoms with Gasteiger partial charge in [0, 0.05) is 6.42 Å². The lowest BCUT2D eigenvalue weighted by Crippen LogP contribution is -2.38. The van der Waals surface area contributed by atoms with Gasteiger partial charge in [-0.2, -0.15) is 0 Å². The van der Waals surface area contributed by atoms with Gasteiger partial charge < -0.3 is 18.9 Å². The molecule has 0 aromatic heterocycles. The summed E-state index contributed by atoms with van der Waals surface area (Å²) < 4.78 is 22.6. The van der Waals surface area contributed by atoms with E-state index in [9.17, 15) is 9.59 Å². The molecule has 7 nitrogen and oxygen atoms in total. The molecule has 1 aliphatic heterocycles. The molecule has 0 aliphatic carbocycles. The highest BCUT2D eigenvalue weighted by molar-refractivity contribution is 6.02. The van der Waals surface area contributed by atoms with Crippen LogP contribution in [0.15, 0.2) is 66.7 Å². The maximum absolute atomic E-state index is 12.1. The van der Waals surface area contributed by atoms with Crippen molar-refractivity contribution in [3.8, 4) is 28.7 Å². The number of nitrogens with one attached hydrogen (secondary N) is 1. The van der Waals surface area contributed by atoms with E-state index in [2.05, 4.69) is 12.2 Å². The third-order valence-corrected chi connectivity index (χ3v) is 5.53. The average molecular weight is 462 g/mol. The zero-order valence-corrected chi connectivity index (χ0v) is 19.4. The minimum atomic E-state index is -1.23. The molecule has 0 unspecified atom stereocenters. The Kier molecular flexibility index (Phi) is 6.72. The van der Waals surface area contributed by atoms with Gasteiger partial charge in [-0.1, -0.05) is 25.5 Å². The summed E-state index contributed by atoms with van der Waals surface area (Å²) in [4.78, 5) is 23.5. The third-order valence-electron chi connectivity index (χ3n) is 5.53. The molecule has 0 bridgehead atoms. The second-order valence-corrected chi connectivity index (χ2v) is 8.30. The minimum Gasteiger partial charge on any atom is -0.497 e. The number of amides is 2. The van der Waals surface area contributed by atoms with Crippen LogP contribution in [0.3, 0.4) is 0 Å². The first-order valence-electron chi connectivity index (χ1n) is 11.1. The van der Waals surface area contributed by atoms with E-state index >= 15 is 0 Å². The Morgan fingerprint density at radius 1 is 0.882 bits per heavy atom. The van der Waals surface area contributed by atoms with Gasteiger partial charge >= 0.3 is 6.09 Å². The lowest BCUT2D eigenvalue weighted by atomic mass is 9.96. The van der Waals surface area contributed by atoms with Crippen LogP contribution in [0.1, 0.15) is 31.4 Å². The van der Waals surface area contributed by atoms with Crippen LogP contribution in [0.25, 0.3) is 0 Å². The highest BCUT2D eigenvalue weighted by atomic mass is 16.6. The quantitative estimate of drug-likeness (QED) is 0.434. The van der Waals surface area contributed by atoms with Gasteiger partial charge in [-0.15, -0.1) is 0 Å². The molecule has 0 radical (unpaired) electrons. The van der Waals surface area contributed by atoms with Crippen LogP contribution >= 0.6 is 0 Å². The van der Waals surface area contributed by atoms with Gasteiger partial charge in [0.1, 0.15) is 28.7 Å². The Hall–Kier alpha value is -4.00. The highest BCUT2D eigenvalue weighted by Crippen LogP contribution is 2.33. The summed E-state index contributed by atoms with van der Waals surface area (Å²) in [5.41, 5.74) is 0.611. The molecule has 1 N–H and O–H groups in total. The first kappa shape index (κ1) is 23.2. The second kappa shape index (κ2) is 9.87. The molecular weight excluding hydrogens is 434 g/mol. The Balaban J connectivity index is 1.51. The van der Waals surface area contributed by atoms with Gasteiger partial charge in [0.2, 0.25) is 0 Å². The Morgan fingerprint density at radius 2 is 1.59 bits per heavy atom. The topological polar surface area (TPSA) is 83.1 Å². The number of imide groups is 1. The molecule has 1 aliphatic rings. The fraction of sp³-hybridized carbons (Fsp3) is 0.259. The third kappa shape index (κ3) is 5.31. The van der Waals surface area contributed by atoms with Gasteiger partial charge in [0.25, 0.3) is 5.91 Å². The molecule has 0 spiro atoms. The molecule has 1 saturated heterocycles. The van der Waals surface area contributed by atoms with Crippen LogP contribution in [0.2, 0.25) is 0 Å².